The minimum atomic E-state index is -5.02. The van der Waals surface area contributed by atoms with Crippen molar-refractivity contribution in [2.24, 2.45) is 0 Å². The Morgan fingerprint density at radius 2 is 0.519 bits per heavy atom. The molecule has 0 radical (unpaired) electrons. The molecular weight excluding hydrogens is 1380 g/mol. The minimum absolute atomic E-state index is 0.00690. The van der Waals surface area contributed by atoms with E-state index in [1.807, 2.05) is 30.4 Å². The van der Waals surface area contributed by atoms with Crippen LogP contribution < -0.4 is 0 Å². The second-order valence-corrected chi connectivity index (χ2v) is 28.8. The maximum Gasteiger partial charge on any atom is 0.472 e. The highest BCUT2D eigenvalue weighted by molar-refractivity contribution is 7.47. The van der Waals surface area contributed by atoms with Crippen LogP contribution in [0.5, 0.6) is 0 Å². The smallest absolute Gasteiger partial charge is 0.462 e. The van der Waals surface area contributed by atoms with Gasteiger partial charge in [-0.05, 0) is 161 Å². The van der Waals surface area contributed by atoms with E-state index in [1.54, 1.807) is 0 Å². The fourth-order valence-electron chi connectivity index (χ4n) is 9.88. The van der Waals surface area contributed by atoms with Crippen molar-refractivity contribution in [2.45, 2.75) is 303 Å². The molecule has 0 saturated heterocycles. The molecule has 0 aliphatic heterocycles. The molecule has 0 heterocycles. The van der Waals surface area contributed by atoms with Gasteiger partial charge in [-0.3, -0.25) is 37.3 Å². The standard InChI is InChI=1S/C87H140O17P2/c1-5-9-13-17-21-25-29-33-37-39-40-42-45-48-52-56-60-64-68-72-85(90)98-78-83(104-87(92)74-70-66-62-58-54-50-46-41-38-34-30-26-22-18-14-10-6-2)80-102-106(95,96)100-76-81(88)75-99-105(93,94)101-79-82(103-86(91)73-69-65-61-57-53-49-44-36-32-28-24-20-16-12-8-4)77-97-84(89)71-67-63-59-55-51-47-43-35-31-27-23-19-15-11-7-3/h9-11,13-15,21-23,25-27,33-38,40,42-44,46,48,50,52,58,60,62,64,81-83,88H,5-8,12,16-20,24,28-32,39,41,45,47,49,51,53-57,59,61,63,65-80H2,1-4H3,(H,93,94)(H,95,96)/b13-9-,14-10-,15-11-,25-21-,26-22-,27-23-,37-33-,38-34-,42-40-,43-35-,44-36-,50-46-,52-48-,62-58-,64-60-. The third kappa shape index (κ3) is 76.4. The fraction of sp³-hybridized carbons (Fsp3) is 0.609. The van der Waals surface area contributed by atoms with Crippen LogP contribution >= 0.6 is 15.6 Å². The molecule has 19 heteroatoms. The number of aliphatic hydroxyl groups excluding tert-OH is 1. The number of unbranched alkanes of at least 4 members (excludes halogenated alkanes) is 17. The molecule has 5 atom stereocenters. The van der Waals surface area contributed by atoms with Crippen LogP contribution in [0.2, 0.25) is 0 Å². The first-order valence-electron chi connectivity index (χ1n) is 40.0. The molecule has 106 heavy (non-hydrogen) atoms. The van der Waals surface area contributed by atoms with Gasteiger partial charge in [0, 0.05) is 25.7 Å². The van der Waals surface area contributed by atoms with E-state index in [1.165, 1.54) is 38.5 Å². The Hall–Kier alpha value is -5.84. The van der Waals surface area contributed by atoms with Crippen LogP contribution in [0.4, 0.5) is 0 Å². The number of allylic oxidation sites excluding steroid dienone is 30. The van der Waals surface area contributed by atoms with Crippen molar-refractivity contribution < 1.29 is 80.2 Å². The third-order valence-electron chi connectivity index (χ3n) is 15.9. The van der Waals surface area contributed by atoms with Crippen LogP contribution in [-0.2, 0) is 65.4 Å². The molecule has 0 aromatic rings. The number of phosphoric ester groups is 2. The van der Waals surface area contributed by atoms with Gasteiger partial charge in [0.1, 0.15) is 19.3 Å². The van der Waals surface area contributed by atoms with Gasteiger partial charge in [-0.25, -0.2) is 9.13 Å². The number of carbonyl (C=O) groups is 4. The van der Waals surface area contributed by atoms with Gasteiger partial charge in [0.25, 0.3) is 0 Å². The summed E-state index contributed by atoms with van der Waals surface area (Å²) in [5, 5.41) is 10.6. The van der Waals surface area contributed by atoms with E-state index >= 15 is 0 Å². The van der Waals surface area contributed by atoms with Gasteiger partial charge >= 0.3 is 39.5 Å². The Morgan fingerprint density at radius 1 is 0.274 bits per heavy atom. The molecule has 600 valence electrons. The number of carbonyl (C=O) groups excluding carboxylic acids is 4. The van der Waals surface area contributed by atoms with Gasteiger partial charge in [-0.15, -0.1) is 0 Å². The first-order chi connectivity index (χ1) is 51.7. The van der Waals surface area contributed by atoms with Crippen LogP contribution in [0.3, 0.4) is 0 Å². The summed E-state index contributed by atoms with van der Waals surface area (Å²) >= 11 is 0. The van der Waals surface area contributed by atoms with Crippen LogP contribution in [0.25, 0.3) is 0 Å². The molecule has 0 spiro atoms. The van der Waals surface area contributed by atoms with Crippen molar-refractivity contribution in [3.8, 4) is 0 Å². The maximum absolute atomic E-state index is 13.1. The predicted octanol–water partition coefficient (Wildman–Crippen LogP) is 23.6. The lowest BCUT2D eigenvalue weighted by Crippen LogP contribution is -2.30. The summed E-state index contributed by atoms with van der Waals surface area (Å²) in [6.45, 7) is 4.33. The van der Waals surface area contributed by atoms with Crippen molar-refractivity contribution in [1.29, 1.82) is 0 Å². The summed E-state index contributed by atoms with van der Waals surface area (Å²) in [4.78, 5) is 73.0. The van der Waals surface area contributed by atoms with Crippen molar-refractivity contribution in [1.82, 2.24) is 0 Å². The van der Waals surface area contributed by atoms with Crippen molar-refractivity contribution in [3.63, 3.8) is 0 Å². The molecule has 0 saturated carbocycles. The Kier molecular flexibility index (Phi) is 73.1. The molecule has 5 unspecified atom stereocenters. The molecule has 0 bridgehead atoms. The maximum atomic E-state index is 13.1. The summed E-state index contributed by atoms with van der Waals surface area (Å²) in [6, 6.07) is 0. The van der Waals surface area contributed by atoms with E-state index in [2.05, 4.69) is 180 Å². The number of hydrogen-bond donors (Lipinski definition) is 3. The number of rotatable bonds is 73. The Balaban J connectivity index is 5.52. The number of ether oxygens (including phenoxy) is 4. The second kappa shape index (κ2) is 77.3. The van der Waals surface area contributed by atoms with Gasteiger partial charge < -0.3 is 33.8 Å². The number of aliphatic hydroxyl groups is 1. The number of phosphoric acid groups is 2. The number of hydrogen-bond acceptors (Lipinski definition) is 15. The zero-order valence-electron chi connectivity index (χ0n) is 65.5. The lowest BCUT2D eigenvalue weighted by Gasteiger charge is -2.21. The topological polar surface area (TPSA) is 237 Å². The normalized spacial score (nSPS) is 14.8. The van der Waals surface area contributed by atoms with Crippen LogP contribution in [0.15, 0.2) is 182 Å². The Bertz CT molecular complexity index is 2730. The first-order valence-corrected chi connectivity index (χ1v) is 43.0. The van der Waals surface area contributed by atoms with E-state index in [0.717, 1.165) is 154 Å². The van der Waals surface area contributed by atoms with Gasteiger partial charge in [0.2, 0.25) is 0 Å². The lowest BCUT2D eigenvalue weighted by atomic mass is 10.1. The highest BCUT2D eigenvalue weighted by atomic mass is 31.2. The predicted molar refractivity (Wildman–Crippen MR) is 436 cm³/mol. The average molecular weight is 1520 g/mol. The highest BCUT2D eigenvalue weighted by Gasteiger charge is 2.30. The van der Waals surface area contributed by atoms with E-state index in [-0.39, 0.29) is 25.7 Å². The van der Waals surface area contributed by atoms with E-state index in [0.29, 0.717) is 38.5 Å². The molecule has 0 aromatic heterocycles. The lowest BCUT2D eigenvalue weighted by molar-refractivity contribution is -0.161. The van der Waals surface area contributed by atoms with E-state index in [9.17, 15) is 43.2 Å². The third-order valence-corrected chi connectivity index (χ3v) is 17.8. The van der Waals surface area contributed by atoms with Gasteiger partial charge in [0.05, 0.1) is 26.4 Å². The number of esters is 4. The Morgan fingerprint density at radius 3 is 0.858 bits per heavy atom. The second-order valence-electron chi connectivity index (χ2n) is 25.9. The SMILES string of the molecule is CC/C=C\C/C=C\C/C=C\C/C=C\C/C=C\C/C=C\CCC(=O)OCC(COP(=O)(O)OCC(O)COP(=O)(O)OCC(COC(=O)CCCCCCC/C=C\C/C=C\C/C=C\CC)OC(=O)CCCCCCC/C=C\CCCCCCCC)OC(=O)CCC/C=C\C/C=C\C/C=C\C/C=C\C/C=C\CC. The van der Waals surface area contributed by atoms with Crippen molar-refractivity contribution in [2.75, 3.05) is 39.6 Å². The quantitative estimate of drug-likeness (QED) is 0.0169. The van der Waals surface area contributed by atoms with Crippen LogP contribution in [-0.4, -0.2) is 96.7 Å². The summed E-state index contributed by atoms with van der Waals surface area (Å²) < 4.78 is 68.5. The zero-order valence-corrected chi connectivity index (χ0v) is 67.3. The van der Waals surface area contributed by atoms with Crippen LogP contribution in [0.1, 0.15) is 285 Å². The van der Waals surface area contributed by atoms with Gasteiger partial charge in [0.15, 0.2) is 12.2 Å². The van der Waals surface area contributed by atoms with Gasteiger partial charge in [-0.1, -0.05) is 281 Å². The summed E-state index contributed by atoms with van der Waals surface area (Å²) in [6.07, 6.45) is 93.2. The molecule has 3 N–H and O–H groups in total. The zero-order chi connectivity index (χ0) is 77.4. The van der Waals surface area contributed by atoms with Crippen molar-refractivity contribution in [3.05, 3.63) is 182 Å². The van der Waals surface area contributed by atoms with E-state index in [4.69, 9.17) is 37.0 Å². The minimum Gasteiger partial charge on any atom is -0.462 e. The largest absolute Gasteiger partial charge is 0.472 e. The molecule has 0 rings (SSSR count). The molecule has 0 fully saturated rings. The summed E-state index contributed by atoms with van der Waals surface area (Å²) in [5.74, 6) is -2.38. The fourth-order valence-corrected chi connectivity index (χ4v) is 11.5. The summed E-state index contributed by atoms with van der Waals surface area (Å²) in [5.41, 5.74) is 0. The summed E-state index contributed by atoms with van der Waals surface area (Å²) in [7, 11) is -10.0. The first kappa shape index (κ1) is 100. The van der Waals surface area contributed by atoms with Gasteiger partial charge in [-0.2, -0.15) is 0 Å². The average Bonchev–Trinajstić information content (AvgIpc) is 0.902. The molecular formula is C87H140O17P2. The van der Waals surface area contributed by atoms with E-state index < -0.39 is 97.5 Å². The molecule has 0 aliphatic carbocycles. The Labute approximate surface area is 641 Å². The molecule has 0 amide bonds. The highest BCUT2D eigenvalue weighted by Crippen LogP contribution is 2.45. The monoisotopic (exact) mass is 1520 g/mol. The van der Waals surface area contributed by atoms with Crippen LogP contribution in [0, 0.1) is 0 Å². The molecule has 17 nitrogen and oxygen atoms in total. The molecule has 0 aliphatic rings. The molecule has 0 aromatic carbocycles. The van der Waals surface area contributed by atoms with Crippen molar-refractivity contribution >= 4 is 39.5 Å².